The third-order valence-electron chi connectivity index (χ3n) is 3.94. The lowest BCUT2D eigenvalue weighted by atomic mass is 10.1. The molecule has 23 heavy (non-hydrogen) atoms. The summed E-state index contributed by atoms with van der Waals surface area (Å²) in [6.45, 7) is 2.55. The van der Waals surface area contributed by atoms with Crippen molar-refractivity contribution >= 4 is 12.4 Å². The molecule has 1 aromatic carbocycles. The Morgan fingerprint density at radius 2 is 1.96 bits per heavy atom. The quantitative estimate of drug-likeness (QED) is 0.866. The van der Waals surface area contributed by atoms with Crippen LogP contribution >= 0.6 is 12.4 Å². The zero-order valence-electron chi connectivity index (χ0n) is 12.6. The largest absolute Gasteiger partial charge is 0.337 e. The Labute approximate surface area is 138 Å². The maximum absolute atomic E-state index is 13.4. The highest BCUT2D eigenvalue weighted by Crippen LogP contribution is 2.24. The summed E-state index contributed by atoms with van der Waals surface area (Å²) >= 11 is 0. The Morgan fingerprint density at radius 1 is 1.26 bits per heavy atom. The molecular formula is C15H18ClF3N4. The molecule has 1 saturated heterocycles. The predicted molar refractivity (Wildman–Crippen MR) is 82.8 cm³/mol. The molecule has 1 N–H and O–H groups in total. The van der Waals surface area contributed by atoms with Crippen LogP contribution in [0.1, 0.15) is 17.4 Å². The van der Waals surface area contributed by atoms with Gasteiger partial charge in [-0.2, -0.15) is 0 Å². The van der Waals surface area contributed by atoms with E-state index >= 15 is 0 Å². The van der Waals surface area contributed by atoms with Gasteiger partial charge in [0.15, 0.2) is 17.5 Å². The summed E-state index contributed by atoms with van der Waals surface area (Å²) in [6.07, 6.45) is 3.58. The standard InChI is InChI=1S/C15H17F3N4.ClH/c1-21-4-3-20-15(21)13-8-19-2-5-22(13)9-10-6-11(16)14(18)12(17)7-10;/h3-4,6-7,13,19H,2,5,8-9H2,1H3;1H. The Morgan fingerprint density at radius 3 is 2.57 bits per heavy atom. The number of hydrogen-bond acceptors (Lipinski definition) is 3. The second kappa shape index (κ2) is 7.33. The zero-order valence-corrected chi connectivity index (χ0v) is 13.4. The van der Waals surface area contributed by atoms with Gasteiger partial charge in [0.1, 0.15) is 5.82 Å². The number of aryl methyl sites for hydroxylation is 1. The molecule has 1 aliphatic rings. The van der Waals surface area contributed by atoms with Crippen molar-refractivity contribution in [3.8, 4) is 0 Å². The van der Waals surface area contributed by atoms with E-state index in [9.17, 15) is 13.2 Å². The number of piperazine rings is 1. The van der Waals surface area contributed by atoms with E-state index in [0.29, 0.717) is 18.7 Å². The van der Waals surface area contributed by atoms with Gasteiger partial charge in [-0.3, -0.25) is 4.90 Å². The maximum Gasteiger partial charge on any atom is 0.194 e. The molecule has 4 nitrogen and oxygen atoms in total. The van der Waals surface area contributed by atoms with Crippen molar-refractivity contribution in [1.29, 1.82) is 0 Å². The summed E-state index contributed by atoms with van der Waals surface area (Å²) in [7, 11) is 1.91. The minimum absolute atomic E-state index is 0. The van der Waals surface area contributed by atoms with Crippen LogP contribution in [0.3, 0.4) is 0 Å². The van der Waals surface area contributed by atoms with Crippen LogP contribution in [0.25, 0.3) is 0 Å². The number of rotatable bonds is 3. The molecule has 1 aliphatic heterocycles. The van der Waals surface area contributed by atoms with Gasteiger partial charge in [-0.25, -0.2) is 18.2 Å². The van der Waals surface area contributed by atoms with Gasteiger partial charge in [0.05, 0.1) is 6.04 Å². The average Bonchev–Trinajstić information content (AvgIpc) is 2.91. The third kappa shape index (κ3) is 3.68. The summed E-state index contributed by atoms with van der Waals surface area (Å²) in [6, 6.07) is 2.11. The van der Waals surface area contributed by atoms with Crippen LogP contribution in [0.4, 0.5) is 13.2 Å². The first kappa shape index (κ1) is 17.8. The van der Waals surface area contributed by atoms with E-state index in [1.807, 2.05) is 17.8 Å². The number of aromatic nitrogens is 2. The van der Waals surface area contributed by atoms with Gasteiger partial charge in [-0.15, -0.1) is 12.4 Å². The van der Waals surface area contributed by atoms with Gasteiger partial charge < -0.3 is 9.88 Å². The number of halogens is 4. The minimum atomic E-state index is -1.43. The van der Waals surface area contributed by atoms with Crippen molar-refractivity contribution < 1.29 is 13.2 Å². The summed E-state index contributed by atoms with van der Waals surface area (Å²) < 4.78 is 41.7. The van der Waals surface area contributed by atoms with Crippen LogP contribution in [0.15, 0.2) is 24.5 Å². The molecule has 0 spiro atoms. The van der Waals surface area contributed by atoms with Gasteiger partial charge in [0.25, 0.3) is 0 Å². The highest BCUT2D eigenvalue weighted by molar-refractivity contribution is 5.85. The van der Waals surface area contributed by atoms with Crippen molar-refractivity contribution in [2.45, 2.75) is 12.6 Å². The first-order valence-corrected chi connectivity index (χ1v) is 7.11. The molecule has 126 valence electrons. The fourth-order valence-corrected chi connectivity index (χ4v) is 2.82. The Kier molecular flexibility index (Phi) is 5.67. The van der Waals surface area contributed by atoms with Gasteiger partial charge in [0.2, 0.25) is 0 Å². The van der Waals surface area contributed by atoms with E-state index in [-0.39, 0.29) is 18.4 Å². The number of benzene rings is 1. The van der Waals surface area contributed by atoms with E-state index in [1.165, 1.54) is 0 Å². The average molecular weight is 347 g/mol. The zero-order chi connectivity index (χ0) is 15.7. The molecule has 1 atom stereocenters. The van der Waals surface area contributed by atoms with E-state index in [0.717, 1.165) is 31.0 Å². The van der Waals surface area contributed by atoms with Crippen molar-refractivity contribution in [1.82, 2.24) is 19.8 Å². The minimum Gasteiger partial charge on any atom is -0.337 e. The van der Waals surface area contributed by atoms with Crippen LogP contribution in [0.2, 0.25) is 0 Å². The molecule has 0 aliphatic carbocycles. The molecule has 1 aromatic heterocycles. The van der Waals surface area contributed by atoms with Crippen molar-refractivity contribution in [3.63, 3.8) is 0 Å². The monoisotopic (exact) mass is 346 g/mol. The van der Waals surface area contributed by atoms with Gasteiger partial charge in [0, 0.05) is 45.6 Å². The Balaban J connectivity index is 0.00000192. The van der Waals surface area contributed by atoms with Crippen LogP contribution < -0.4 is 5.32 Å². The highest BCUT2D eigenvalue weighted by atomic mass is 35.5. The van der Waals surface area contributed by atoms with Gasteiger partial charge in [-0.1, -0.05) is 0 Å². The lowest BCUT2D eigenvalue weighted by Crippen LogP contribution is -2.46. The summed E-state index contributed by atoms with van der Waals surface area (Å²) in [5.41, 5.74) is 0.414. The first-order chi connectivity index (χ1) is 10.6. The molecule has 0 amide bonds. The van der Waals surface area contributed by atoms with Crippen molar-refractivity contribution in [3.05, 3.63) is 53.4 Å². The SMILES string of the molecule is Cl.Cn1ccnc1C1CNCCN1Cc1cc(F)c(F)c(F)c1. The van der Waals surface area contributed by atoms with Crippen LogP contribution in [0.5, 0.6) is 0 Å². The predicted octanol–water partition coefficient (Wildman–Crippen LogP) is 2.41. The second-order valence-electron chi connectivity index (χ2n) is 5.46. The summed E-state index contributed by atoms with van der Waals surface area (Å²) in [4.78, 5) is 6.44. The van der Waals surface area contributed by atoms with E-state index in [2.05, 4.69) is 15.2 Å². The molecule has 0 radical (unpaired) electrons. The van der Waals surface area contributed by atoms with E-state index < -0.39 is 17.5 Å². The molecule has 0 saturated carbocycles. The van der Waals surface area contributed by atoms with Gasteiger partial charge >= 0.3 is 0 Å². The van der Waals surface area contributed by atoms with E-state index in [1.54, 1.807) is 6.20 Å². The molecule has 0 bridgehead atoms. The second-order valence-corrected chi connectivity index (χ2v) is 5.46. The molecule has 2 aromatic rings. The lowest BCUT2D eigenvalue weighted by molar-refractivity contribution is 0.144. The van der Waals surface area contributed by atoms with Crippen LogP contribution in [-0.2, 0) is 13.6 Å². The Hall–Kier alpha value is -1.57. The van der Waals surface area contributed by atoms with Gasteiger partial charge in [-0.05, 0) is 17.7 Å². The number of nitrogens with zero attached hydrogens (tertiary/aromatic N) is 3. The third-order valence-corrected chi connectivity index (χ3v) is 3.94. The van der Waals surface area contributed by atoms with E-state index in [4.69, 9.17) is 0 Å². The topological polar surface area (TPSA) is 33.1 Å². The number of imidazole rings is 1. The molecule has 1 fully saturated rings. The lowest BCUT2D eigenvalue weighted by Gasteiger charge is -2.35. The molecular weight excluding hydrogens is 329 g/mol. The van der Waals surface area contributed by atoms with Crippen molar-refractivity contribution in [2.24, 2.45) is 7.05 Å². The summed E-state index contributed by atoms with van der Waals surface area (Å²) in [5, 5.41) is 3.29. The maximum atomic E-state index is 13.4. The van der Waals surface area contributed by atoms with Crippen LogP contribution in [-0.4, -0.2) is 34.1 Å². The number of nitrogens with one attached hydrogen (secondary N) is 1. The highest BCUT2D eigenvalue weighted by Gasteiger charge is 2.27. The number of hydrogen-bond donors (Lipinski definition) is 1. The fourth-order valence-electron chi connectivity index (χ4n) is 2.82. The molecule has 2 heterocycles. The molecule has 1 unspecified atom stereocenters. The normalized spacial score (nSPS) is 18.7. The molecule has 3 rings (SSSR count). The van der Waals surface area contributed by atoms with Crippen LogP contribution in [0, 0.1) is 17.5 Å². The first-order valence-electron chi connectivity index (χ1n) is 7.11. The van der Waals surface area contributed by atoms with Crippen molar-refractivity contribution in [2.75, 3.05) is 19.6 Å². The smallest absolute Gasteiger partial charge is 0.194 e. The molecule has 8 heteroatoms. The fraction of sp³-hybridized carbons (Fsp3) is 0.400. The Bertz CT molecular complexity index is 653. The summed E-state index contributed by atoms with van der Waals surface area (Å²) in [5.74, 6) is -2.85.